The summed E-state index contributed by atoms with van der Waals surface area (Å²) in [6.07, 6.45) is 3.78. The van der Waals surface area contributed by atoms with E-state index in [4.69, 9.17) is 5.26 Å². The average Bonchev–Trinajstić information content (AvgIpc) is 3.09. The van der Waals surface area contributed by atoms with Gasteiger partial charge in [0.15, 0.2) is 0 Å². The minimum atomic E-state index is -0.00341. The molecule has 5 nitrogen and oxygen atoms in total. The third kappa shape index (κ3) is 2.79. The third-order valence-corrected chi connectivity index (χ3v) is 3.91. The van der Waals surface area contributed by atoms with Crippen LogP contribution in [0.15, 0.2) is 36.5 Å². The van der Waals surface area contributed by atoms with E-state index in [1.807, 2.05) is 11.0 Å². The number of nitrogens with zero attached hydrogens (tertiary/aromatic N) is 3. The number of nitriles is 1. The molecule has 1 aliphatic rings. The number of benzene rings is 1. The highest BCUT2D eigenvalue weighted by atomic mass is 16.2. The predicted molar refractivity (Wildman–Crippen MR) is 77.6 cm³/mol. The molecule has 1 aliphatic heterocycles. The molecule has 1 N–H and O–H groups in total. The Bertz CT molecular complexity index is 672. The Morgan fingerprint density at radius 1 is 1.43 bits per heavy atom. The molecule has 0 saturated carbocycles. The molecule has 0 radical (unpaired) electrons. The zero-order chi connectivity index (χ0) is 14.7. The van der Waals surface area contributed by atoms with Crippen molar-refractivity contribution in [2.75, 3.05) is 13.1 Å². The quantitative estimate of drug-likeness (QED) is 0.917. The largest absolute Gasteiger partial charge is 0.338 e. The molecule has 0 unspecified atom stereocenters. The molecule has 2 aromatic rings. The predicted octanol–water partition coefficient (Wildman–Crippen LogP) is 2.30. The Labute approximate surface area is 123 Å². The number of hydrogen-bond acceptors (Lipinski definition) is 3. The van der Waals surface area contributed by atoms with Gasteiger partial charge in [-0.15, -0.1) is 0 Å². The lowest BCUT2D eigenvalue weighted by molar-refractivity contribution is 0.0706. The van der Waals surface area contributed by atoms with Crippen molar-refractivity contribution in [1.29, 1.82) is 5.26 Å². The van der Waals surface area contributed by atoms with Crippen molar-refractivity contribution >= 4 is 5.91 Å². The number of likely N-dealkylation sites (tertiary alicyclic amines) is 1. The molecule has 2 heterocycles. The molecule has 21 heavy (non-hydrogen) atoms. The molecule has 106 valence electrons. The number of nitrogens with one attached hydrogen (secondary N) is 1. The van der Waals surface area contributed by atoms with Crippen molar-refractivity contribution in [1.82, 2.24) is 15.1 Å². The zero-order valence-electron chi connectivity index (χ0n) is 11.6. The lowest BCUT2D eigenvalue weighted by Gasteiger charge is -2.32. The maximum absolute atomic E-state index is 12.6. The Morgan fingerprint density at radius 2 is 2.33 bits per heavy atom. The van der Waals surface area contributed by atoms with E-state index in [9.17, 15) is 4.79 Å². The average molecular weight is 280 g/mol. The highest BCUT2D eigenvalue weighted by Crippen LogP contribution is 2.26. The molecule has 3 rings (SSSR count). The van der Waals surface area contributed by atoms with Crippen LogP contribution in [0.3, 0.4) is 0 Å². The molecule has 1 fully saturated rings. The van der Waals surface area contributed by atoms with Crippen LogP contribution in [0.5, 0.6) is 0 Å². The van der Waals surface area contributed by atoms with Crippen molar-refractivity contribution in [2.24, 2.45) is 0 Å². The number of aromatic nitrogens is 2. The number of piperidine rings is 1. The third-order valence-electron chi connectivity index (χ3n) is 3.91. The number of amides is 1. The first-order valence-electron chi connectivity index (χ1n) is 7.06. The minimum Gasteiger partial charge on any atom is -0.338 e. The van der Waals surface area contributed by atoms with Crippen LogP contribution in [0.4, 0.5) is 0 Å². The van der Waals surface area contributed by atoms with Gasteiger partial charge in [0.1, 0.15) is 0 Å². The normalized spacial score (nSPS) is 18.2. The summed E-state index contributed by atoms with van der Waals surface area (Å²) < 4.78 is 0. The van der Waals surface area contributed by atoms with Gasteiger partial charge in [-0.2, -0.15) is 10.4 Å². The second-order valence-electron chi connectivity index (χ2n) is 5.29. The first kappa shape index (κ1) is 13.4. The van der Waals surface area contributed by atoms with Crippen LogP contribution in [0.1, 0.15) is 40.4 Å². The van der Waals surface area contributed by atoms with Crippen LogP contribution >= 0.6 is 0 Å². The van der Waals surface area contributed by atoms with Crippen LogP contribution in [0, 0.1) is 11.3 Å². The highest BCUT2D eigenvalue weighted by molar-refractivity contribution is 5.94. The number of hydrogen-bond donors (Lipinski definition) is 1. The van der Waals surface area contributed by atoms with Crippen molar-refractivity contribution in [3.63, 3.8) is 0 Å². The first-order chi connectivity index (χ1) is 10.3. The van der Waals surface area contributed by atoms with Gasteiger partial charge in [0.2, 0.25) is 0 Å². The summed E-state index contributed by atoms with van der Waals surface area (Å²) >= 11 is 0. The van der Waals surface area contributed by atoms with Gasteiger partial charge < -0.3 is 4.90 Å². The van der Waals surface area contributed by atoms with E-state index in [2.05, 4.69) is 16.3 Å². The monoisotopic (exact) mass is 280 g/mol. The van der Waals surface area contributed by atoms with E-state index in [0.29, 0.717) is 23.6 Å². The van der Waals surface area contributed by atoms with E-state index >= 15 is 0 Å². The molecule has 1 aromatic heterocycles. The fraction of sp³-hybridized carbons (Fsp3) is 0.312. The van der Waals surface area contributed by atoms with Gasteiger partial charge >= 0.3 is 0 Å². The first-order valence-corrected chi connectivity index (χ1v) is 7.06. The summed E-state index contributed by atoms with van der Waals surface area (Å²) in [5.74, 6) is 0.306. The topological polar surface area (TPSA) is 72.8 Å². The second kappa shape index (κ2) is 5.80. The maximum Gasteiger partial charge on any atom is 0.253 e. The number of H-pyrrole nitrogens is 1. The van der Waals surface area contributed by atoms with Crippen LogP contribution in [-0.2, 0) is 0 Å². The zero-order valence-corrected chi connectivity index (χ0v) is 11.6. The smallest absolute Gasteiger partial charge is 0.253 e. The molecule has 1 amide bonds. The van der Waals surface area contributed by atoms with E-state index in [0.717, 1.165) is 25.1 Å². The number of rotatable bonds is 2. The van der Waals surface area contributed by atoms with Gasteiger partial charge in [0, 0.05) is 36.5 Å². The second-order valence-corrected chi connectivity index (χ2v) is 5.29. The Morgan fingerprint density at radius 3 is 3.10 bits per heavy atom. The molecule has 5 heteroatoms. The van der Waals surface area contributed by atoms with Crippen molar-refractivity contribution in [3.05, 3.63) is 53.3 Å². The lowest BCUT2D eigenvalue weighted by Crippen LogP contribution is -2.39. The number of aromatic amines is 1. The fourth-order valence-corrected chi connectivity index (χ4v) is 2.81. The minimum absolute atomic E-state index is 0.00341. The Balaban J connectivity index is 1.76. The van der Waals surface area contributed by atoms with E-state index in [1.165, 1.54) is 0 Å². The summed E-state index contributed by atoms with van der Waals surface area (Å²) in [7, 11) is 0. The summed E-state index contributed by atoms with van der Waals surface area (Å²) in [5, 5.41) is 15.9. The molecule has 1 saturated heterocycles. The summed E-state index contributed by atoms with van der Waals surface area (Å²) in [6, 6.07) is 10.9. The maximum atomic E-state index is 12.6. The van der Waals surface area contributed by atoms with Crippen LogP contribution in [-0.4, -0.2) is 34.1 Å². The van der Waals surface area contributed by atoms with Gasteiger partial charge in [0.05, 0.1) is 11.6 Å². The van der Waals surface area contributed by atoms with Crippen molar-refractivity contribution in [2.45, 2.75) is 18.8 Å². The molecule has 1 aromatic carbocycles. The summed E-state index contributed by atoms with van der Waals surface area (Å²) in [4.78, 5) is 14.4. The van der Waals surface area contributed by atoms with Crippen LogP contribution < -0.4 is 0 Å². The van der Waals surface area contributed by atoms with E-state index < -0.39 is 0 Å². The molecule has 0 bridgehead atoms. The van der Waals surface area contributed by atoms with Crippen molar-refractivity contribution in [3.8, 4) is 6.07 Å². The summed E-state index contributed by atoms with van der Waals surface area (Å²) in [6.45, 7) is 1.46. The molecule has 1 atom stereocenters. The molecule has 0 aliphatic carbocycles. The van der Waals surface area contributed by atoms with E-state index in [1.54, 1.807) is 30.5 Å². The standard InChI is InChI=1S/C16H16N4O/c17-10-12-3-1-4-13(9-12)16(21)20-8-2-5-14(11-20)15-6-7-18-19-15/h1,3-4,6-7,9,14H,2,5,8,11H2,(H,18,19)/t14-/m0/s1. The van der Waals surface area contributed by atoms with Gasteiger partial charge in [0.25, 0.3) is 5.91 Å². The SMILES string of the molecule is N#Cc1cccc(C(=O)N2CCC[C@H](c3ccn[nH]3)C2)c1. The lowest BCUT2D eigenvalue weighted by atomic mass is 9.94. The summed E-state index contributed by atoms with van der Waals surface area (Å²) in [5.41, 5.74) is 2.18. The number of carbonyl (C=O) groups excluding carboxylic acids is 1. The molecule has 0 spiro atoms. The van der Waals surface area contributed by atoms with Crippen molar-refractivity contribution < 1.29 is 4.79 Å². The Kier molecular flexibility index (Phi) is 3.69. The van der Waals surface area contributed by atoms with Gasteiger partial charge in [-0.25, -0.2) is 0 Å². The number of carbonyl (C=O) groups is 1. The molecular weight excluding hydrogens is 264 g/mol. The van der Waals surface area contributed by atoms with Gasteiger partial charge in [-0.1, -0.05) is 6.07 Å². The van der Waals surface area contributed by atoms with Crippen LogP contribution in [0.2, 0.25) is 0 Å². The molecular formula is C16H16N4O. The van der Waals surface area contributed by atoms with E-state index in [-0.39, 0.29) is 5.91 Å². The van der Waals surface area contributed by atoms with Gasteiger partial charge in [-0.3, -0.25) is 9.89 Å². The fourth-order valence-electron chi connectivity index (χ4n) is 2.81. The highest BCUT2D eigenvalue weighted by Gasteiger charge is 2.26. The Hall–Kier alpha value is -2.61. The van der Waals surface area contributed by atoms with Gasteiger partial charge in [-0.05, 0) is 37.1 Å². The van der Waals surface area contributed by atoms with Crippen LogP contribution in [0.25, 0.3) is 0 Å².